The van der Waals surface area contributed by atoms with Gasteiger partial charge in [-0.2, -0.15) is 0 Å². The quantitative estimate of drug-likeness (QED) is 0.631. The summed E-state index contributed by atoms with van der Waals surface area (Å²) in [5.41, 5.74) is 2.38. The normalized spacial score (nSPS) is 26.4. The van der Waals surface area contributed by atoms with Gasteiger partial charge in [-0.05, 0) is 73.9 Å². The molecule has 32 heavy (non-hydrogen) atoms. The van der Waals surface area contributed by atoms with E-state index in [1.54, 1.807) is 30.5 Å². The molecule has 6 heteroatoms. The van der Waals surface area contributed by atoms with Gasteiger partial charge >= 0.3 is 0 Å². The number of para-hydroxylation sites is 1. The Kier molecular flexibility index (Phi) is 4.35. The summed E-state index contributed by atoms with van der Waals surface area (Å²) in [6, 6.07) is 16.2. The van der Waals surface area contributed by atoms with E-state index in [0.29, 0.717) is 28.8 Å². The van der Waals surface area contributed by atoms with Crippen molar-refractivity contribution in [2.24, 2.45) is 23.7 Å². The largest absolute Gasteiger partial charge is 0.320 e. The molecule has 2 atom stereocenters. The van der Waals surface area contributed by atoms with E-state index in [-0.39, 0.29) is 29.6 Å². The molecule has 0 radical (unpaired) electrons. The number of benzene rings is 2. The Labute approximate surface area is 185 Å². The van der Waals surface area contributed by atoms with E-state index in [4.69, 9.17) is 0 Å². The second-order valence-corrected chi connectivity index (χ2v) is 9.12. The Morgan fingerprint density at radius 1 is 0.844 bits per heavy atom. The minimum atomic E-state index is -0.263. The van der Waals surface area contributed by atoms with Crippen LogP contribution in [0.4, 0.5) is 11.4 Å². The summed E-state index contributed by atoms with van der Waals surface area (Å²) in [5, 5.41) is 3.87. The number of nitrogens with one attached hydrogen (secondary N) is 1. The second-order valence-electron chi connectivity index (χ2n) is 9.12. The van der Waals surface area contributed by atoms with E-state index < -0.39 is 0 Å². The Balaban J connectivity index is 1.24. The van der Waals surface area contributed by atoms with Gasteiger partial charge < -0.3 is 5.32 Å². The van der Waals surface area contributed by atoms with Crippen LogP contribution in [0.5, 0.6) is 0 Å². The van der Waals surface area contributed by atoms with Crippen LogP contribution in [0.25, 0.3) is 10.9 Å². The lowest BCUT2D eigenvalue weighted by molar-refractivity contribution is -0.129. The number of carbonyl (C=O) groups is 3. The Bertz CT molecular complexity index is 1210. The summed E-state index contributed by atoms with van der Waals surface area (Å²) in [4.78, 5) is 44.9. The molecule has 4 aliphatic rings. The van der Waals surface area contributed by atoms with Gasteiger partial charge in [-0.1, -0.05) is 18.2 Å². The van der Waals surface area contributed by atoms with Crippen molar-refractivity contribution >= 4 is 40.0 Å². The van der Waals surface area contributed by atoms with Crippen LogP contribution in [-0.4, -0.2) is 22.7 Å². The van der Waals surface area contributed by atoms with Crippen molar-refractivity contribution < 1.29 is 14.4 Å². The molecule has 1 aromatic heterocycles. The maximum absolute atomic E-state index is 13.1. The number of nitrogens with zero attached hydrogens (tertiary/aromatic N) is 2. The molecular formula is C26H23N3O3. The SMILES string of the molecule is O=C(Nc1cccc2cccnc12)c1ccc(N2C(=O)[C@@H]3C4CCC(CC4)[C@@H]3C2=O)cc1. The highest BCUT2D eigenvalue weighted by Gasteiger charge is 2.58. The minimum Gasteiger partial charge on any atom is -0.320 e. The van der Waals surface area contributed by atoms with Crippen LogP contribution in [0.3, 0.4) is 0 Å². The van der Waals surface area contributed by atoms with Crippen LogP contribution >= 0.6 is 0 Å². The zero-order valence-electron chi connectivity index (χ0n) is 17.5. The summed E-state index contributed by atoms with van der Waals surface area (Å²) < 4.78 is 0. The fourth-order valence-corrected chi connectivity index (χ4v) is 5.98. The first-order chi connectivity index (χ1) is 15.6. The zero-order chi connectivity index (χ0) is 21.8. The maximum Gasteiger partial charge on any atom is 0.255 e. The predicted molar refractivity (Wildman–Crippen MR) is 121 cm³/mol. The van der Waals surface area contributed by atoms with E-state index in [1.165, 1.54) is 4.90 Å². The van der Waals surface area contributed by atoms with Crippen molar-refractivity contribution in [2.45, 2.75) is 25.7 Å². The molecule has 7 rings (SSSR count). The number of imide groups is 1. The van der Waals surface area contributed by atoms with Gasteiger partial charge in [-0.25, -0.2) is 0 Å². The monoisotopic (exact) mass is 425 g/mol. The van der Waals surface area contributed by atoms with Crippen molar-refractivity contribution in [3.8, 4) is 0 Å². The first kappa shape index (κ1) is 19.2. The number of anilines is 2. The molecule has 1 aliphatic heterocycles. The zero-order valence-corrected chi connectivity index (χ0v) is 17.5. The smallest absolute Gasteiger partial charge is 0.255 e. The van der Waals surface area contributed by atoms with Gasteiger partial charge in [0, 0.05) is 17.1 Å². The van der Waals surface area contributed by atoms with Crippen LogP contribution in [0.2, 0.25) is 0 Å². The van der Waals surface area contributed by atoms with Gasteiger partial charge in [-0.3, -0.25) is 24.3 Å². The van der Waals surface area contributed by atoms with E-state index in [0.717, 1.165) is 36.6 Å². The third kappa shape index (κ3) is 2.86. The molecule has 3 amide bonds. The topological polar surface area (TPSA) is 79.4 Å². The average Bonchev–Trinajstić information content (AvgIpc) is 3.12. The Morgan fingerprint density at radius 2 is 1.47 bits per heavy atom. The van der Waals surface area contributed by atoms with Crippen molar-refractivity contribution in [3.63, 3.8) is 0 Å². The molecule has 3 saturated carbocycles. The summed E-state index contributed by atoms with van der Waals surface area (Å²) >= 11 is 0. The highest BCUT2D eigenvalue weighted by Crippen LogP contribution is 2.53. The minimum absolute atomic E-state index is 0.0616. The number of amides is 3. The van der Waals surface area contributed by atoms with Crippen LogP contribution in [0.1, 0.15) is 36.0 Å². The molecule has 160 valence electrons. The number of carbonyl (C=O) groups excluding carboxylic acids is 3. The lowest BCUT2D eigenvalue weighted by atomic mass is 9.59. The van der Waals surface area contributed by atoms with Gasteiger partial charge in [0.25, 0.3) is 5.91 Å². The molecule has 2 aromatic carbocycles. The van der Waals surface area contributed by atoms with Crippen LogP contribution in [-0.2, 0) is 9.59 Å². The van der Waals surface area contributed by atoms with Crippen LogP contribution in [0, 0.1) is 23.7 Å². The number of hydrogen-bond acceptors (Lipinski definition) is 4. The third-order valence-electron chi connectivity index (χ3n) is 7.50. The Hall–Kier alpha value is -3.54. The fourth-order valence-electron chi connectivity index (χ4n) is 5.98. The first-order valence-electron chi connectivity index (χ1n) is 11.2. The van der Waals surface area contributed by atoms with Crippen LogP contribution in [0.15, 0.2) is 60.8 Å². The molecule has 6 nitrogen and oxygen atoms in total. The number of aromatic nitrogens is 1. The highest BCUT2D eigenvalue weighted by molar-refractivity contribution is 6.22. The van der Waals surface area contributed by atoms with Gasteiger partial charge in [0.1, 0.15) is 0 Å². The molecule has 2 heterocycles. The molecule has 3 aliphatic carbocycles. The van der Waals surface area contributed by atoms with E-state index in [9.17, 15) is 14.4 Å². The lowest BCUT2D eigenvalue weighted by Gasteiger charge is -2.42. The summed E-state index contributed by atoms with van der Waals surface area (Å²) in [7, 11) is 0. The van der Waals surface area contributed by atoms with Crippen molar-refractivity contribution in [1.82, 2.24) is 4.98 Å². The predicted octanol–water partition coefficient (Wildman–Crippen LogP) is 4.41. The molecule has 3 aromatic rings. The number of pyridine rings is 1. The van der Waals surface area contributed by atoms with E-state index in [2.05, 4.69) is 10.3 Å². The molecule has 4 fully saturated rings. The molecule has 0 unspecified atom stereocenters. The number of hydrogen-bond donors (Lipinski definition) is 1. The number of fused-ring (bicyclic) bond motifs is 3. The first-order valence-corrected chi connectivity index (χ1v) is 11.2. The molecule has 1 N–H and O–H groups in total. The third-order valence-corrected chi connectivity index (χ3v) is 7.50. The van der Waals surface area contributed by atoms with Gasteiger partial charge in [0.2, 0.25) is 11.8 Å². The maximum atomic E-state index is 13.1. The summed E-state index contributed by atoms with van der Waals surface area (Å²) in [6.07, 6.45) is 5.92. The van der Waals surface area contributed by atoms with Crippen molar-refractivity contribution in [1.29, 1.82) is 0 Å². The molecule has 1 saturated heterocycles. The molecular weight excluding hydrogens is 402 g/mol. The Morgan fingerprint density at radius 3 is 2.12 bits per heavy atom. The average molecular weight is 425 g/mol. The van der Waals surface area contributed by atoms with Gasteiger partial charge in [-0.15, -0.1) is 0 Å². The van der Waals surface area contributed by atoms with Gasteiger partial charge in [0.15, 0.2) is 0 Å². The van der Waals surface area contributed by atoms with E-state index in [1.807, 2.05) is 30.3 Å². The summed E-state index contributed by atoms with van der Waals surface area (Å²) in [6.45, 7) is 0. The fraction of sp³-hybridized carbons (Fsp3) is 0.308. The van der Waals surface area contributed by atoms with Crippen LogP contribution < -0.4 is 10.2 Å². The van der Waals surface area contributed by atoms with Gasteiger partial charge in [0.05, 0.1) is 28.7 Å². The lowest BCUT2D eigenvalue weighted by Crippen LogP contribution is -2.41. The van der Waals surface area contributed by atoms with Crippen molar-refractivity contribution in [3.05, 3.63) is 66.4 Å². The van der Waals surface area contributed by atoms with Crippen molar-refractivity contribution in [2.75, 3.05) is 10.2 Å². The summed E-state index contributed by atoms with van der Waals surface area (Å²) in [5.74, 6) is -0.0207. The standard InChI is InChI=1S/C26H23N3O3/c30-24(28-20-5-1-3-17-4-2-14-27-23(17)20)18-10-12-19(13-11-18)29-25(31)21-15-6-7-16(9-8-15)22(21)26(29)32/h1-5,10-16,21-22H,6-9H2,(H,28,30)/t15?,16?,21-,22+. The molecule has 0 spiro atoms. The number of rotatable bonds is 3. The second kappa shape index (κ2) is 7.26. The highest BCUT2D eigenvalue weighted by atomic mass is 16.2. The van der Waals surface area contributed by atoms with E-state index >= 15 is 0 Å². The molecule has 2 bridgehead atoms.